The summed E-state index contributed by atoms with van der Waals surface area (Å²) in [6, 6.07) is 17.0. The molecular weight excluding hydrogens is 328 g/mol. The lowest BCUT2D eigenvalue weighted by atomic mass is 10.1. The van der Waals surface area contributed by atoms with E-state index in [1.807, 2.05) is 18.2 Å². The molecule has 0 saturated heterocycles. The largest absolute Gasteiger partial charge is 0.465 e. The number of esters is 1. The number of anilines is 4. The van der Waals surface area contributed by atoms with E-state index in [1.165, 1.54) is 12.7 Å². The second-order valence-corrected chi connectivity index (χ2v) is 5.64. The number of nitrogens with one attached hydrogen (secondary N) is 2. The summed E-state index contributed by atoms with van der Waals surface area (Å²) >= 11 is 0. The minimum Gasteiger partial charge on any atom is -0.465 e. The van der Waals surface area contributed by atoms with Crippen LogP contribution in [0.5, 0.6) is 0 Å². The van der Waals surface area contributed by atoms with Gasteiger partial charge in [0.25, 0.3) is 0 Å². The average molecular weight is 348 g/mol. The van der Waals surface area contributed by atoms with Gasteiger partial charge in [-0.25, -0.2) is 9.78 Å². The molecule has 0 spiro atoms. The van der Waals surface area contributed by atoms with Gasteiger partial charge in [-0.15, -0.1) is 0 Å². The summed E-state index contributed by atoms with van der Waals surface area (Å²) in [7, 11) is 1.36. The van der Waals surface area contributed by atoms with Crippen LogP contribution in [0.3, 0.4) is 0 Å². The molecule has 6 nitrogen and oxygen atoms in total. The van der Waals surface area contributed by atoms with Crippen molar-refractivity contribution in [2.24, 2.45) is 0 Å². The Morgan fingerprint density at radius 1 is 1.04 bits per heavy atom. The topological polar surface area (TPSA) is 76.1 Å². The van der Waals surface area contributed by atoms with Gasteiger partial charge in [-0.3, -0.25) is 0 Å². The summed E-state index contributed by atoms with van der Waals surface area (Å²) in [6.07, 6.45) is 2.67. The summed E-state index contributed by atoms with van der Waals surface area (Å²) in [5.41, 5.74) is 3.41. The maximum Gasteiger partial charge on any atom is 0.337 e. The summed E-state index contributed by atoms with van der Waals surface area (Å²) in [4.78, 5) is 20.3. The Morgan fingerprint density at radius 3 is 2.58 bits per heavy atom. The standard InChI is InChI=1S/C20H20N4O2/c1-3-14-7-9-16(10-8-14)23-20-21-12-11-18(24-20)22-17-6-4-5-15(13-17)19(25)26-2/h4-13H,3H2,1-2H3,(H2,21,22,23,24). The quantitative estimate of drug-likeness (QED) is 0.646. The molecular formula is C20H20N4O2. The smallest absolute Gasteiger partial charge is 0.337 e. The summed E-state index contributed by atoms with van der Waals surface area (Å²) in [5, 5.41) is 6.35. The molecule has 1 aromatic heterocycles. The average Bonchev–Trinajstić information content (AvgIpc) is 2.68. The molecule has 2 N–H and O–H groups in total. The number of hydrogen-bond donors (Lipinski definition) is 2. The zero-order valence-corrected chi connectivity index (χ0v) is 14.7. The Bertz CT molecular complexity index is 894. The van der Waals surface area contributed by atoms with Gasteiger partial charge in [0.2, 0.25) is 5.95 Å². The van der Waals surface area contributed by atoms with Crippen LogP contribution in [-0.4, -0.2) is 23.0 Å². The van der Waals surface area contributed by atoms with Crippen LogP contribution in [0, 0.1) is 0 Å². The van der Waals surface area contributed by atoms with Gasteiger partial charge in [0.15, 0.2) is 0 Å². The minimum atomic E-state index is -0.380. The zero-order chi connectivity index (χ0) is 18.4. The third-order valence-corrected chi connectivity index (χ3v) is 3.83. The van der Waals surface area contributed by atoms with E-state index in [-0.39, 0.29) is 5.97 Å². The van der Waals surface area contributed by atoms with Gasteiger partial charge in [-0.1, -0.05) is 25.1 Å². The molecule has 1 heterocycles. The molecule has 0 atom stereocenters. The number of aromatic nitrogens is 2. The van der Waals surface area contributed by atoms with Crippen LogP contribution < -0.4 is 10.6 Å². The van der Waals surface area contributed by atoms with Crippen LogP contribution >= 0.6 is 0 Å². The lowest BCUT2D eigenvalue weighted by molar-refractivity contribution is 0.0601. The second-order valence-electron chi connectivity index (χ2n) is 5.64. The Hall–Kier alpha value is -3.41. The lowest BCUT2D eigenvalue weighted by Gasteiger charge is -2.09. The number of methoxy groups -OCH3 is 1. The number of nitrogens with zero attached hydrogens (tertiary/aromatic N) is 2. The third kappa shape index (κ3) is 4.36. The normalized spacial score (nSPS) is 10.2. The predicted octanol–water partition coefficient (Wildman–Crippen LogP) is 4.31. The third-order valence-electron chi connectivity index (χ3n) is 3.83. The fourth-order valence-corrected chi connectivity index (χ4v) is 2.43. The first kappa shape index (κ1) is 17.4. The van der Waals surface area contributed by atoms with Crippen LogP contribution in [0.1, 0.15) is 22.8 Å². The number of aryl methyl sites for hydroxylation is 1. The molecule has 0 radical (unpaired) electrons. The first-order valence-electron chi connectivity index (χ1n) is 8.32. The fraction of sp³-hybridized carbons (Fsp3) is 0.150. The zero-order valence-electron chi connectivity index (χ0n) is 14.7. The summed E-state index contributed by atoms with van der Waals surface area (Å²) < 4.78 is 4.74. The number of hydrogen-bond acceptors (Lipinski definition) is 6. The highest BCUT2D eigenvalue weighted by atomic mass is 16.5. The van der Waals surface area contributed by atoms with Crippen molar-refractivity contribution < 1.29 is 9.53 Å². The Morgan fingerprint density at radius 2 is 1.85 bits per heavy atom. The van der Waals surface area contributed by atoms with E-state index in [1.54, 1.807) is 30.5 Å². The Kier molecular flexibility index (Phi) is 5.43. The molecule has 0 amide bonds. The highest BCUT2D eigenvalue weighted by Crippen LogP contribution is 2.19. The molecule has 0 aliphatic carbocycles. The minimum absolute atomic E-state index is 0.380. The van der Waals surface area contributed by atoms with Crippen LogP contribution in [0.25, 0.3) is 0 Å². The molecule has 0 fully saturated rings. The van der Waals surface area contributed by atoms with Gasteiger partial charge < -0.3 is 15.4 Å². The van der Waals surface area contributed by atoms with E-state index >= 15 is 0 Å². The SMILES string of the molecule is CCc1ccc(Nc2nccc(Nc3cccc(C(=O)OC)c3)n2)cc1. The number of benzene rings is 2. The molecule has 3 aromatic rings. The number of rotatable bonds is 6. The first-order valence-corrected chi connectivity index (χ1v) is 8.32. The molecule has 0 bridgehead atoms. The van der Waals surface area contributed by atoms with Crippen molar-refractivity contribution in [3.05, 3.63) is 71.9 Å². The van der Waals surface area contributed by atoms with Crippen molar-refractivity contribution in [1.29, 1.82) is 0 Å². The summed E-state index contributed by atoms with van der Waals surface area (Å²) in [6.45, 7) is 2.12. The second kappa shape index (κ2) is 8.11. The van der Waals surface area contributed by atoms with E-state index in [2.05, 4.69) is 39.7 Å². The van der Waals surface area contributed by atoms with Crippen LogP contribution in [0.15, 0.2) is 60.8 Å². The van der Waals surface area contributed by atoms with E-state index in [9.17, 15) is 4.79 Å². The van der Waals surface area contributed by atoms with Crippen LogP contribution in [0.4, 0.5) is 23.1 Å². The molecule has 0 saturated carbocycles. The van der Waals surface area contributed by atoms with Crippen molar-refractivity contribution in [2.45, 2.75) is 13.3 Å². The maximum atomic E-state index is 11.6. The predicted molar refractivity (Wildman–Crippen MR) is 102 cm³/mol. The maximum absolute atomic E-state index is 11.6. The van der Waals surface area contributed by atoms with Crippen molar-refractivity contribution in [3.63, 3.8) is 0 Å². The van der Waals surface area contributed by atoms with Crippen molar-refractivity contribution in [1.82, 2.24) is 9.97 Å². The first-order chi connectivity index (χ1) is 12.7. The molecule has 0 aliphatic heterocycles. The molecule has 3 rings (SSSR count). The summed E-state index contributed by atoms with van der Waals surface area (Å²) in [5.74, 6) is 0.729. The Labute approximate surface area is 152 Å². The molecule has 132 valence electrons. The number of carbonyl (C=O) groups excluding carboxylic acids is 1. The van der Waals surface area contributed by atoms with E-state index in [0.717, 1.165) is 17.8 Å². The number of ether oxygens (including phenoxy) is 1. The molecule has 0 aliphatic rings. The van der Waals surface area contributed by atoms with E-state index in [4.69, 9.17) is 4.74 Å². The highest BCUT2D eigenvalue weighted by molar-refractivity contribution is 5.90. The number of carbonyl (C=O) groups is 1. The van der Waals surface area contributed by atoms with Gasteiger partial charge in [-0.2, -0.15) is 4.98 Å². The lowest BCUT2D eigenvalue weighted by Crippen LogP contribution is -2.03. The van der Waals surface area contributed by atoms with Gasteiger partial charge in [-0.05, 0) is 48.4 Å². The monoisotopic (exact) mass is 348 g/mol. The van der Waals surface area contributed by atoms with Crippen molar-refractivity contribution >= 4 is 29.1 Å². The van der Waals surface area contributed by atoms with E-state index in [0.29, 0.717) is 17.3 Å². The molecule has 2 aromatic carbocycles. The molecule has 0 unspecified atom stereocenters. The van der Waals surface area contributed by atoms with Gasteiger partial charge in [0, 0.05) is 17.6 Å². The van der Waals surface area contributed by atoms with Crippen LogP contribution in [-0.2, 0) is 11.2 Å². The van der Waals surface area contributed by atoms with Gasteiger partial charge in [0.1, 0.15) is 5.82 Å². The molecule has 26 heavy (non-hydrogen) atoms. The highest BCUT2D eigenvalue weighted by Gasteiger charge is 2.06. The Balaban J connectivity index is 1.73. The van der Waals surface area contributed by atoms with E-state index < -0.39 is 0 Å². The fourth-order valence-electron chi connectivity index (χ4n) is 2.43. The molecule has 6 heteroatoms. The van der Waals surface area contributed by atoms with Gasteiger partial charge >= 0.3 is 5.97 Å². The van der Waals surface area contributed by atoms with Gasteiger partial charge in [0.05, 0.1) is 12.7 Å². The van der Waals surface area contributed by atoms with Crippen molar-refractivity contribution in [3.8, 4) is 0 Å². The van der Waals surface area contributed by atoms with Crippen molar-refractivity contribution in [2.75, 3.05) is 17.7 Å². The van der Waals surface area contributed by atoms with Crippen LogP contribution in [0.2, 0.25) is 0 Å².